The Balaban J connectivity index is 4.11. The maximum atomic E-state index is 12.3. The van der Waals surface area contributed by atoms with Gasteiger partial charge < -0.3 is 19.3 Å². The Morgan fingerprint density at radius 2 is 1.04 bits per heavy atom. The van der Waals surface area contributed by atoms with E-state index in [0.717, 1.165) is 70.6 Å². The number of phosphoric acid groups is 1. The molecule has 0 aromatic rings. The van der Waals surface area contributed by atoms with E-state index in [-0.39, 0.29) is 19.4 Å². The quantitative estimate of drug-likeness (QED) is 0.0325. The first-order valence-electron chi connectivity index (χ1n) is 17.6. The molecule has 0 aliphatic carbocycles. The van der Waals surface area contributed by atoms with Gasteiger partial charge >= 0.3 is 19.8 Å². The zero-order valence-electron chi connectivity index (χ0n) is 28.7. The molecule has 0 bridgehead atoms. The first kappa shape index (κ1) is 43.8. The summed E-state index contributed by atoms with van der Waals surface area (Å²) in [6.45, 7) is 3.48. The van der Waals surface area contributed by atoms with Crippen LogP contribution in [0.25, 0.3) is 0 Å². The van der Waals surface area contributed by atoms with Crippen LogP contribution in [0.5, 0.6) is 0 Å². The average molecular weight is 667 g/mol. The highest BCUT2D eigenvalue weighted by molar-refractivity contribution is 7.46. The topological polar surface area (TPSA) is 119 Å². The Morgan fingerprint density at radius 1 is 0.587 bits per heavy atom. The molecule has 0 spiro atoms. The van der Waals surface area contributed by atoms with Gasteiger partial charge in [0.05, 0.1) is 6.61 Å². The van der Waals surface area contributed by atoms with Gasteiger partial charge in [0, 0.05) is 12.8 Å². The van der Waals surface area contributed by atoms with Crippen molar-refractivity contribution in [2.24, 2.45) is 0 Å². The molecule has 0 fully saturated rings. The summed E-state index contributed by atoms with van der Waals surface area (Å²) < 4.78 is 26.2. The molecule has 0 amide bonds. The normalized spacial score (nSPS) is 13.2. The van der Waals surface area contributed by atoms with Crippen molar-refractivity contribution in [2.45, 2.75) is 148 Å². The van der Waals surface area contributed by atoms with E-state index in [0.29, 0.717) is 12.8 Å². The molecule has 1 atom stereocenters. The zero-order chi connectivity index (χ0) is 34.0. The van der Waals surface area contributed by atoms with Gasteiger partial charge in [0.25, 0.3) is 0 Å². The molecular weight excluding hydrogens is 603 g/mol. The number of ether oxygens (including phenoxy) is 2. The molecule has 2 N–H and O–H groups in total. The highest BCUT2D eigenvalue weighted by atomic mass is 31.2. The van der Waals surface area contributed by atoms with Crippen LogP contribution in [-0.2, 0) is 28.2 Å². The lowest BCUT2D eigenvalue weighted by molar-refractivity contribution is -0.161. The molecule has 0 aromatic heterocycles. The number of carbonyl (C=O) groups excluding carboxylic acids is 2. The van der Waals surface area contributed by atoms with Gasteiger partial charge in [-0.2, -0.15) is 0 Å². The number of esters is 2. The number of hydrogen-bond acceptors (Lipinski definition) is 6. The standard InChI is InChI=1S/C37H63O8P/c1-3-5-7-9-11-13-15-17-18-20-22-24-26-28-30-32-37(39)45-35(34-44-46(40,41)42)33-43-36(38)31-29-27-25-23-21-19-16-14-12-10-8-6-4-2/h5,7,11,13-14,16-18,22,24,35H,3-4,6,8-10,12,15,19-21,23,25-34H2,1-2H3,(H2,40,41,42)/b7-5+,13-11+,16-14+,18-17+,24-22+/t35-/m1/s1. The fourth-order valence-corrected chi connectivity index (χ4v) is 4.78. The monoisotopic (exact) mass is 666 g/mol. The summed E-state index contributed by atoms with van der Waals surface area (Å²) in [6, 6.07) is 0. The van der Waals surface area contributed by atoms with Crippen molar-refractivity contribution in [3.63, 3.8) is 0 Å². The van der Waals surface area contributed by atoms with E-state index in [9.17, 15) is 14.2 Å². The van der Waals surface area contributed by atoms with E-state index in [1.54, 1.807) is 0 Å². The zero-order valence-corrected chi connectivity index (χ0v) is 29.6. The molecule has 0 saturated carbocycles. The minimum Gasteiger partial charge on any atom is -0.462 e. The third-order valence-corrected chi connectivity index (χ3v) is 7.51. The smallest absolute Gasteiger partial charge is 0.462 e. The third kappa shape index (κ3) is 34.6. The number of allylic oxidation sites excluding steroid dienone is 10. The molecule has 0 radical (unpaired) electrons. The second-order valence-corrected chi connectivity index (χ2v) is 12.7. The maximum Gasteiger partial charge on any atom is 0.469 e. The summed E-state index contributed by atoms with van der Waals surface area (Å²) >= 11 is 0. The fraction of sp³-hybridized carbons (Fsp3) is 0.676. The van der Waals surface area contributed by atoms with Crippen molar-refractivity contribution >= 4 is 19.8 Å². The van der Waals surface area contributed by atoms with Gasteiger partial charge in [-0.1, -0.05) is 113 Å². The molecule has 0 heterocycles. The van der Waals surface area contributed by atoms with Crippen LogP contribution < -0.4 is 0 Å². The fourth-order valence-electron chi connectivity index (χ4n) is 4.41. The first-order valence-corrected chi connectivity index (χ1v) is 19.1. The number of rotatable bonds is 31. The van der Waals surface area contributed by atoms with Crippen molar-refractivity contribution in [1.82, 2.24) is 0 Å². The molecule has 0 unspecified atom stereocenters. The van der Waals surface area contributed by atoms with E-state index in [4.69, 9.17) is 19.3 Å². The summed E-state index contributed by atoms with van der Waals surface area (Å²) in [7, 11) is -4.76. The number of unbranched alkanes of at least 4 members (excludes halogenated alkanes) is 11. The van der Waals surface area contributed by atoms with Crippen LogP contribution in [-0.4, -0.2) is 41.0 Å². The van der Waals surface area contributed by atoms with E-state index >= 15 is 0 Å². The molecule has 0 rings (SSSR count). The second kappa shape index (κ2) is 32.7. The lowest BCUT2D eigenvalue weighted by Gasteiger charge is -2.18. The predicted molar refractivity (Wildman–Crippen MR) is 188 cm³/mol. The van der Waals surface area contributed by atoms with Crippen LogP contribution in [0.15, 0.2) is 60.8 Å². The van der Waals surface area contributed by atoms with Crippen LogP contribution in [0.4, 0.5) is 0 Å². The molecule has 0 aliphatic rings. The maximum absolute atomic E-state index is 12.3. The van der Waals surface area contributed by atoms with Gasteiger partial charge in [-0.15, -0.1) is 0 Å². The lowest BCUT2D eigenvalue weighted by Crippen LogP contribution is -2.29. The summed E-state index contributed by atoms with van der Waals surface area (Å²) in [6.07, 6.45) is 39.4. The van der Waals surface area contributed by atoms with Gasteiger partial charge in [-0.3, -0.25) is 14.1 Å². The highest BCUT2D eigenvalue weighted by Gasteiger charge is 2.22. The van der Waals surface area contributed by atoms with Crippen LogP contribution in [0.3, 0.4) is 0 Å². The summed E-state index contributed by atoms with van der Waals surface area (Å²) in [5, 5.41) is 0. The summed E-state index contributed by atoms with van der Waals surface area (Å²) in [5.74, 6) is -0.951. The highest BCUT2D eigenvalue weighted by Crippen LogP contribution is 2.35. The van der Waals surface area contributed by atoms with E-state index in [1.165, 1.54) is 32.1 Å². The minimum atomic E-state index is -4.76. The lowest BCUT2D eigenvalue weighted by atomic mass is 10.1. The summed E-state index contributed by atoms with van der Waals surface area (Å²) in [4.78, 5) is 42.6. The Bertz CT molecular complexity index is 932. The van der Waals surface area contributed by atoms with Crippen molar-refractivity contribution in [3.05, 3.63) is 60.8 Å². The van der Waals surface area contributed by atoms with Crippen LogP contribution in [0, 0.1) is 0 Å². The average Bonchev–Trinajstić information content (AvgIpc) is 3.02. The predicted octanol–water partition coefficient (Wildman–Crippen LogP) is 10.2. The van der Waals surface area contributed by atoms with Crippen LogP contribution in [0.2, 0.25) is 0 Å². The molecule has 0 saturated heterocycles. The van der Waals surface area contributed by atoms with Crippen molar-refractivity contribution < 1.29 is 37.9 Å². The van der Waals surface area contributed by atoms with Gasteiger partial charge in [0.2, 0.25) is 0 Å². The molecule has 8 nitrogen and oxygen atoms in total. The minimum absolute atomic E-state index is 0.155. The molecule has 0 aromatic carbocycles. The van der Waals surface area contributed by atoms with Gasteiger partial charge in [0.1, 0.15) is 6.61 Å². The van der Waals surface area contributed by atoms with Gasteiger partial charge in [0.15, 0.2) is 6.10 Å². The molecule has 264 valence electrons. The van der Waals surface area contributed by atoms with Crippen LogP contribution >= 0.6 is 7.82 Å². The largest absolute Gasteiger partial charge is 0.469 e. The SMILES string of the molecule is CC/C=C/C/C=C/C/C=C/C/C=C/CCCCC(=O)O[C@H](COC(=O)CCCCCCC/C=C/CCCCCC)COP(=O)(O)O. The summed E-state index contributed by atoms with van der Waals surface area (Å²) in [5.41, 5.74) is 0. The Labute approximate surface area is 279 Å². The van der Waals surface area contributed by atoms with Crippen molar-refractivity contribution in [3.8, 4) is 0 Å². The Hall–Kier alpha value is -2.25. The number of carbonyl (C=O) groups is 2. The van der Waals surface area contributed by atoms with Crippen LogP contribution in [0.1, 0.15) is 142 Å². The molecule has 0 aliphatic heterocycles. The van der Waals surface area contributed by atoms with Crippen molar-refractivity contribution in [2.75, 3.05) is 13.2 Å². The Morgan fingerprint density at radius 3 is 1.63 bits per heavy atom. The third-order valence-electron chi connectivity index (χ3n) is 7.02. The van der Waals surface area contributed by atoms with E-state index in [1.807, 2.05) is 0 Å². The molecular formula is C37H63O8P. The molecule has 46 heavy (non-hydrogen) atoms. The number of hydrogen-bond donors (Lipinski definition) is 2. The number of phosphoric ester groups is 1. The van der Waals surface area contributed by atoms with Gasteiger partial charge in [-0.25, -0.2) is 4.57 Å². The molecule has 9 heteroatoms. The first-order chi connectivity index (χ1) is 22.3. The van der Waals surface area contributed by atoms with Crippen molar-refractivity contribution in [1.29, 1.82) is 0 Å². The van der Waals surface area contributed by atoms with Gasteiger partial charge in [-0.05, 0) is 77.0 Å². The Kier molecular flexibility index (Phi) is 31.1. The van der Waals surface area contributed by atoms with E-state index < -0.39 is 32.5 Å². The second-order valence-electron chi connectivity index (χ2n) is 11.5. The van der Waals surface area contributed by atoms with E-state index in [2.05, 4.69) is 79.1 Å².